The zero-order valence-electron chi connectivity index (χ0n) is 13.4. The van der Waals surface area contributed by atoms with E-state index < -0.39 is 0 Å². The van der Waals surface area contributed by atoms with E-state index in [9.17, 15) is 0 Å². The lowest BCUT2D eigenvalue weighted by molar-refractivity contribution is 1.14. The average Bonchev–Trinajstić information content (AvgIpc) is 3.07. The normalized spacial score (nSPS) is 12.8. The van der Waals surface area contributed by atoms with E-state index in [1.807, 2.05) is 0 Å². The Labute approximate surface area is 138 Å². The molecule has 0 fully saturated rings. The molecule has 112 valence electrons. The number of aryl methyl sites for hydroxylation is 1. The fourth-order valence-corrected chi connectivity index (χ4v) is 3.53. The monoisotopic (exact) mass is 296 g/mol. The highest BCUT2D eigenvalue weighted by molar-refractivity contribution is 5.94. The van der Waals surface area contributed by atoms with Crippen molar-refractivity contribution >= 4 is 11.6 Å². The van der Waals surface area contributed by atoms with Crippen LogP contribution < -0.4 is 0 Å². The van der Waals surface area contributed by atoms with Crippen molar-refractivity contribution in [1.82, 2.24) is 0 Å². The highest BCUT2D eigenvalue weighted by Crippen LogP contribution is 2.38. The van der Waals surface area contributed by atoms with Crippen LogP contribution in [0.5, 0.6) is 0 Å². The Kier molecular flexibility index (Phi) is 3.59. The highest BCUT2D eigenvalue weighted by atomic mass is 14.2. The van der Waals surface area contributed by atoms with Gasteiger partial charge < -0.3 is 0 Å². The smallest absolute Gasteiger partial charge is 0.00135 e. The summed E-state index contributed by atoms with van der Waals surface area (Å²) in [5.74, 6) is 0. The average molecular weight is 296 g/mol. The van der Waals surface area contributed by atoms with Crippen molar-refractivity contribution in [2.24, 2.45) is 0 Å². The van der Waals surface area contributed by atoms with Crippen LogP contribution in [0.25, 0.3) is 22.8 Å². The molecular formula is C23H20. The van der Waals surface area contributed by atoms with Gasteiger partial charge in [0.1, 0.15) is 0 Å². The largest absolute Gasteiger partial charge is 0.0622 e. The summed E-state index contributed by atoms with van der Waals surface area (Å²) in [7, 11) is 0. The molecular weight excluding hydrogens is 276 g/mol. The molecule has 0 bridgehead atoms. The molecule has 4 rings (SSSR count). The number of hydrogen-bond donors (Lipinski definition) is 0. The third kappa shape index (κ3) is 2.51. The van der Waals surface area contributed by atoms with Crippen LogP contribution in [0.1, 0.15) is 29.2 Å². The highest BCUT2D eigenvalue weighted by Gasteiger charge is 2.18. The molecule has 3 aromatic rings. The molecule has 0 N–H and O–H groups in total. The van der Waals surface area contributed by atoms with Gasteiger partial charge in [-0.05, 0) is 57.9 Å². The summed E-state index contributed by atoms with van der Waals surface area (Å²) in [6, 6.07) is 26.2. The van der Waals surface area contributed by atoms with Crippen LogP contribution >= 0.6 is 0 Å². The Morgan fingerprint density at radius 2 is 1.48 bits per heavy atom. The standard InChI is InChI=1S/C23H20/c1-2-17-9-6-7-13-21(17)22-14-8-12-19-15-20(16-23(19)22)18-10-4-3-5-11-18/h3-14,16H,2,15H2,1H3. The number of allylic oxidation sites excluding steroid dienone is 1. The Morgan fingerprint density at radius 1 is 0.739 bits per heavy atom. The van der Waals surface area contributed by atoms with Crippen LogP contribution in [-0.4, -0.2) is 0 Å². The summed E-state index contributed by atoms with van der Waals surface area (Å²) >= 11 is 0. The topological polar surface area (TPSA) is 0 Å². The molecule has 0 saturated heterocycles. The second kappa shape index (κ2) is 5.89. The second-order valence-corrected chi connectivity index (χ2v) is 6.10. The molecule has 0 atom stereocenters. The zero-order valence-corrected chi connectivity index (χ0v) is 13.4. The van der Waals surface area contributed by atoms with Crippen molar-refractivity contribution in [3.8, 4) is 11.1 Å². The van der Waals surface area contributed by atoms with Crippen LogP contribution in [0.15, 0.2) is 72.8 Å². The van der Waals surface area contributed by atoms with E-state index >= 15 is 0 Å². The summed E-state index contributed by atoms with van der Waals surface area (Å²) in [6.45, 7) is 2.23. The van der Waals surface area contributed by atoms with Gasteiger partial charge in [-0.1, -0.05) is 79.7 Å². The Hall–Kier alpha value is -2.60. The molecule has 23 heavy (non-hydrogen) atoms. The van der Waals surface area contributed by atoms with Crippen molar-refractivity contribution in [3.63, 3.8) is 0 Å². The maximum Gasteiger partial charge on any atom is -0.00135 e. The molecule has 3 aromatic carbocycles. The van der Waals surface area contributed by atoms with Gasteiger partial charge in [-0.25, -0.2) is 0 Å². The van der Waals surface area contributed by atoms with E-state index in [-0.39, 0.29) is 0 Å². The van der Waals surface area contributed by atoms with Crippen LogP contribution in [0, 0.1) is 0 Å². The van der Waals surface area contributed by atoms with Gasteiger partial charge in [0.25, 0.3) is 0 Å². The minimum absolute atomic E-state index is 1.03. The van der Waals surface area contributed by atoms with Crippen LogP contribution in [0.4, 0.5) is 0 Å². The van der Waals surface area contributed by atoms with Gasteiger partial charge in [0.05, 0.1) is 0 Å². The molecule has 0 nitrogen and oxygen atoms in total. The molecule has 0 aromatic heterocycles. The number of benzene rings is 3. The summed E-state index contributed by atoms with van der Waals surface area (Å²) in [5, 5.41) is 0. The molecule has 0 heterocycles. The van der Waals surface area contributed by atoms with Crippen molar-refractivity contribution in [2.45, 2.75) is 19.8 Å². The quantitative estimate of drug-likeness (QED) is 0.555. The molecule has 0 aliphatic heterocycles. The van der Waals surface area contributed by atoms with Crippen LogP contribution in [-0.2, 0) is 12.8 Å². The molecule has 0 unspecified atom stereocenters. The first kappa shape index (κ1) is 14.0. The second-order valence-electron chi connectivity index (χ2n) is 6.10. The third-order valence-electron chi connectivity index (χ3n) is 4.73. The predicted molar refractivity (Wildman–Crippen MR) is 99.3 cm³/mol. The van der Waals surface area contributed by atoms with E-state index in [2.05, 4.69) is 85.8 Å². The molecule has 0 spiro atoms. The summed E-state index contributed by atoms with van der Waals surface area (Å²) < 4.78 is 0. The number of fused-ring (bicyclic) bond motifs is 1. The number of hydrogen-bond acceptors (Lipinski definition) is 0. The van der Waals surface area contributed by atoms with E-state index in [1.54, 1.807) is 0 Å². The number of rotatable bonds is 3. The zero-order chi connectivity index (χ0) is 15.6. The Bertz CT molecular complexity index is 870. The lowest BCUT2D eigenvalue weighted by atomic mass is 9.93. The van der Waals surface area contributed by atoms with E-state index in [1.165, 1.54) is 39.0 Å². The summed E-state index contributed by atoms with van der Waals surface area (Å²) in [5.41, 5.74) is 9.74. The minimum Gasteiger partial charge on any atom is -0.0622 e. The molecule has 1 aliphatic carbocycles. The van der Waals surface area contributed by atoms with Crippen molar-refractivity contribution in [3.05, 3.63) is 95.1 Å². The molecule has 0 amide bonds. The Morgan fingerprint density at radius 3 is 2.30 bits per heavy atom. The van der Waals surface area contributed by atoms with Crippen LogP contribution in [0.2, 0.25) is 0 Å². The summed E-state index contributed by atoms with van der Waals surface area (Å²) in [4.78, 5) is 0. The SMILES string of the molecule is CCc1ccccc1-c1cccc2c1C=C(c1ccccc1)C2. The van der Waals surface area contributed by atoms with Gasteiger partial charge >= 0.3 is 0 Å². The molecule has 0 saturated carbocycles. The van der Waals surface area contributed by atoms with Gasteiger partial charge in [0, 0.05) is 0 Å². The molecule has 1 aliphatic rings. The van der Waals surface area contributed by atoms with Crippen molar-refractivity contribution < 1.29 is 0 Å². The van der Waals surface area contributed by atoms with Crippen molar-refractivity contribution in [1.29, 1.82) is 0 Å². The van der Waals surface area contributed by atoms with E-state index in [0.717, 1.165) is 12.8 Å². The van der Waals surface area contributed by atoms with Gasteiger partial charge in [-0.3, -0.25) is 0 Å². The lowest BCUT2D eigenvalue weighted by Gasteiger charge is -2.11. The summed E-state index contributed by atoms with van der Waals surface area (Å²) in [6.07, 6.45) is 4.48. The van der Waals surface area contributed by atoms with E-state index in [0.29, 0.717) is 0 Å². The third-order valence-corrected chi connectivity index (χ3v) is 4.73. The predicted octanol–water partition coefficient (Wildman–Crippen LogP) is 6.01. The molecule has 0 radical (unpaired) electrons. The van der Waals surface area contributed by atoms with Gasteiger partial charge in [0.15, 0.2) is 0 Å². The van der Waals surface area contributed by atoms with Crippen LogP contribution in [0.3, 0.4) is 0 Å². The maximum absolute atomic E-state index is 2.38. The minimum atomic E-state index is 1.03. The Balaban J connectivity index is 1.85. The van der Waals surface area contributed by atoms with Gasteiger partial charge in [0.2, 0.25) is 0 Å². The van der Waals surface area contributed by atoms with Gasteiger partial charge in [-0.15, -0.1) is 0 Å². The fraction of sp³-hybridized carbons (Fsp3) is 0.130. The van der Waals surface area contributed by atoms with Crippen molar-refractivity contribution in [2.75, 3.05) is 0 Å². The first-order chi connectivity index (χ1) is 11.4. The fourth-order valence-electron chi connectivity index (χ4n) is 3.53. The first-order valence-electron chi connectivity index (χ1n) is 8.33. The van der Waals surface area contributed by atoms with Gasteiger partial charge in [-0.2, -0.15) is 0 Å². The van der Waals surface area contributed by atoms with E-state index in [4.69, 9.17) is 0 Å². The maximum atomic E-state index is 2.38. The first-order valence-corrected chi connectivity index (χ1v) is 8.33. The molecule has 0 heteroatoms. The lowest BCUT2D eigenvalue weighted by Crippen LogP contribution is -1.91.